The van der Waals surface area contributed by atoms with Crippen molar-refractivity contribution >= 4 is 16.9 Å². The molecule has 3 heterocycles. The minimum atomic E-state index is -4.40. The van der Waals surface area contributed by atoms with Crippen molar-refractivity contribution in [2.75, 3.05) is 18.0 Å². The Hall–Kier alpha value is -3.08. The molecule has 0 bridgehead atoms. The molecule has 6 nitrogen and oxygen atoms in total. The van der Waals surface area contributed by atoms with Gasteiger partial charge in [-0.2, -0.15) is 18.2 Å². The largest absolute Gasteiger partial charge is 0.416 e. The van der Waals surface area contributed by atoms with Crippen molar-refractivity contribution in [2.45, 2.75) is 64.3 Å². The van der Waals surface area contributed by atoms with Crippen LogP contribution in [0.3, 0.4) is 0 Å². The molecule has 3 aromatic rings. The van der Waals surface area contributed by atoms with Gasteiger partial charge in [-0.15, -0.1) is 0 Å². The van der Waals surface area contributed by atoms with Gasteiger partial charge in [0.2, 0.25) is 0 Å². The van der Waals surface area contributed by atoms with Gasteiger partial charge in [0.15, 0.2) is 5.82 Å². The fourth-order valence-corrected chi connectivity index (χ4v) is 5.11. The lowest BCUT2D eigenvalue weighted by Gasteiger charge is -2.49. The zero-order valence-corrected chi connectivity index (χ0v) is 21.1. The number of anilines is 1. The normalized spacial score (nSPS) is 20.1. The molecular formula is C26H30F5N5O. The van der Waals surface area contributed by atoms with Gasteiger partial charge in [0.05, 0.1) is 11.1 Å². The van der Waals surface area contributed by atoms with E-state index in [1.54, 1.807) is 0 Å². The minimum Gasteiger partial charge on any atom is -0.349 e. The Labute approximate surface area is 211 Å². The fraction of sp³-hybridized carbons (Fsp3) is 0.500. The van der Waals surface area contributed by atoms with E-state index in [1.807, 2.05) is 25.7 Å². The minimum absolute atomic E-state index is 0.0146. The number of hydrogen-bond donors (Lipinski definition) is 0. The van der Waals surface area contributed by atoms with Crippen LogP contribution in [-0.4, -0.2) is 44.6 Å². The van der Waals surface area contributed by atoms with Crippen molar-refractivity contribution in [3.05, 3.63) is 63.7 Å². The molecule has 1 fully saturated rings. The van der Waals surface area contributed by atoms with Crippen LogP contribution in [0, 0.1) is 0 Å². The topological polar surface area (TPSA) is 54.3 Å². The second-order valence-electron chi connectivity index (χ2n) is 9.45. The number of halogens is 5. The zero-order chi connectivity index (χ0) is 27.1. The average Bonchev–Trinajstić information content (AvgIpc) is 2.88. The lowest BCUT2D eigenvalue weighted by atomic mass is 9.96. The molecule has 2 aromatic heterocycles. The SMILES string of the molecule is CCC1CN(C(C)c2ccc(C(F)(F)F)cc2)[C@H](CC)CN1c1nc(=O)n(C)c2ccc(C(F)F)nc12. The molecule has 2 unspecified atom stereocenters. The lowest BCUT2D eigenvalue weighted by molar-refractivity contribution is -0.137. The van der Waals surface area contributed by atoms with Crippen molar-refractivity contribution in [3.8, 4) is 0 Å². The van der Waals surface area contributed by atoms with Crippen molar-refractivity contribution < 1.29 is 22.0 Å². The monoisotopic (exact) mass is 523 g/mol. The summed E-state index contributed by atoms with van der Waals surface area (Å²) in [6.45, 7) is 7.01. The molecule has 3 atom stereocenters. The summed E-state index contributed by atoms with van der Waals surface area (Å²) in [5.41, 5.74) is -0.136. The third kappa shape index (κ3) is 5.18. The van der Waals surface area contributed by atoms with Crippen LogP contribution in [0.5, 0.6) is 0 Å². The highest BCUT2D eigenvalue weighted by Crippen LogP contribution is 2.35. The van der Waals surface area contributed by atoms with Gasteiger partial charge in [-0.1, -0.05) is 26.0 Å². The van der Waals surface area contributed by atoms with Crippen LogP contribution in [0.15, 0.2) is 41.2 Å². The summed E-state index contributed by atoms with van der Waals surface area (Å²) in [7, 11) is 1.53. The highest BCUT2D eigenvalue weighted by molar-refractivity contribution is 5.86. The first-order chi connectivity index (χ1) is 17.5. The summed E-state index contributed by atoms with van der Waals surface area (Å²) < 4.78 is 67.3. The molecule has 1 aliphatic heterocycles. The average molecular weight is 524 g/mol. The number of nitrogens with zero attached hydrogens (tertiary/aromatic N) is 5. The van der Waals surface area contributed by atoms with E-state index >= 15 is 0 Å². The molecule has 1 aliphatic rings. The standard InChI is InChI=1S/C26H30F5N5O/c1-5-18-14-36(24-22-21(34(4)25(37)33-24)12-11-20(32-22)23(27)28)19(6-2)13-35(18)15(3)16-7-9-17(10-8-16)26(29,30)31/h7-12,15,18-19,23H,5-6,13-14H2,1-4H3/t15?,18-,19?/m1/s1. The predicted octanol–water partition coefficient (Wildman–Crippen LogP) is 5.73. The molecule has 0 amide bonds. The van der Waals surface area contributed by atoms with Gasteiger partial charge in [0.25, 0.3) is 6.43 Å². The van der Waals surface area contributed by atoms with Gasteiger partial charge in [0, 0.05) is 38.3 Å². The van der Waals surface area contributed by atoms with Gasteiger partial charge in [-0.3, -0.25) is 9.47 Å². The first kappa shape index (κ1) is 27.0. The van der Waals surface area contributed by atoms with Crippen LogP contribution >= 0.6 is 0 Å². The number of piperazine rings is 1. The van der Waals surface area contributed by atoms with Gasteiger partial charge >= 0.3 is 11.9 Å². The molecular weight excluding hydrogens is 493 g/mol. The number of aryl methyl sites for hydroxylation is 1. The van der Waals surface area contributed by atoms with E-state index in [9.17, 15) is 26.7 Å². The van der Waals surface area contributed by atoms with Gasteiger partial charge in [-0.25, -0.2) is 18.6 Å². The number of fused-ring (bicyclic) bond motifs is 1. The molecule has 37 heavy (non-hydrogen) atoms. The fourth-order valence-electron chi connectivity index (χ4n) is 5.11. The summed E-state index contributed by atoms with van der Waals surface area (Å²) in [6, 6.07) is 7.63. The van der Waals surface area contributed by atoms with Gasteiger partial charge in [-0.05, 0) is 49.6 Å². The van der Waals surface area contributed by atoms with E-state index in [4.69, 9.17) is 0 Å². The highest BCUT2D eigenvalue weighted by Gasteiger charge is 2.37. The molecule has 0 saturated carbocycles. The lowest BCUT2D eigenvalue weighted by Crippen LogP contribution is -2.59. The Morgan fingerprint density at radius 3 is 2.19 bits per heavy atom. The van der Waals surface area contributed by atoms with E-state index < -0.39 is 23.9 Å². The second-order valence-corrected chi connectivity index (χ2v) is 9.45. The number of benzene rings is 1. The molecule has 0 spiro atoms. The summed E-state index contributed by atoms with van der Waals surface area (Å²) in [6.07, 6.45) is -5.75. The number of aromatic nitrogens is 3. The molecule has 1 aromatic carbocycles. The van der Waals surface area contributed by atoms with Crippen LogP contribution in [0.2, 0.25) is 0 Å². The predicted molar refractivity (Wildman–Crippen MR) is 132 cm³/mol. The molecule has 4 rings (SSSR count). The third-order valence-electron chi connectivity index (χ3n) is 7.35. The second kappa shape index (κ2) is 10.4. The van der Waals surface area contributed by atoms with Crippen LogP contribution < -0.4 is 10.6 Å². The Bertz CT molecular complexity index is 1310. The molecule has 0 aliphatic carbocycles. The summed E-state index contributed by atoms with van der Waals surface area (Å²) in [4.78, 5) is 25.4. The maximum Gasteiger partial charge on any atom is 0.416 e. The van der Waals surface area contributed by atoms with Crippen LogP contribution in [0.25, 0.3) is 11.0 Å². The number of hydrogen-bond acceptors (Lipinski definition) is 5. The first-order valence-electron chi connectivity index (χ1n) is 12.3. The maximum absolute atomic E-state index is 13.5. The Balaban J connectivity index is 1.71. The van der Waals surface area contributed by atoms with Crippen molar-refractivity contribution in [3.63, 3.8) is 0 Å². The summed E-state index contributed by atoms with van der Waals surface area (Å²) in [5, 5.41) is 0. The number of pyridine rings is 1. The Kier molecular flexibility index (Phi) is 7.55. The summed E-state index contributed by atoms with van der Waals surface area (Å²) in [5.74, 6) is 0.285. The summed E-state index contributed by atoms with van der Waals surface area (Å²) >= 11 is 0. The van der Waals surface area contributed by atoms with Crippen LogP contribution in [-0.2, 0) is 13.2 Å². The maximum atomic E-state index is 13.5. The van der Waals surface area contributed by atoms with Crippen molar-refractivity contribution in [1.29, 1.82) is 0 Å². The quantitative estimate of drug-likeness (QED) is 0.387. The van der Waals surface area contributed by atoms with E-state index in [0.717, 1.165) is 24.1 Å². The molecule has 1 saturated heterocycles. The van der Waals surface area contributed by atoms with Gasteiger partial charge in [0.1, 0.15) is 11.2 Å². The Morgan fingerprint density at radius 2 is 1.62 bits per heavy atom. The van der Waals surface area contributed by atoms with Crippen LogP contribution in [0.4, 0.5) is 27.8 Å². The third-order valence-corrected chi connectivity index (χ3v) is 7.35. The van der Waals surface area contributed by atoms with Crippen LogP contribution in [0.1, 0.15) is 62.9 Å². The number of alkyl halides is 5. The first-order valence-corrected chi connectivity index (χ1v) is 12.3. The molecule has 11 heteroatoms. The molecule has 0 radical (unpaired) electrons. The molecule has 0 N–H and O–H groups in total. The number of rotatable bonds is 6. The van der Waals surface area contributed by atoms with E-state index in [-0.39, 0.29) is 35.2 Å². The zero-order valence-electron chi connectivity index (χ0n) is 21.1. The Morgan fingerprint density at radius 1 is 0.973 bits per heavy atom. The van der Waals surface area contributed by atoms with Crippen molar-refractivity contribution in [1.82, 2.24) is 19.4 Å². The van der Waals surface area contributed by atoms with E-state index in [2.05, 4.69) is 14.9 Å². The van der Waals surface area contributed by atoms with Gasteiger partial charge < -0.3 is 4.90 Å². The van der Waals surface area contributed by atoms with Crippen molar-refractivity contribution in [2.24, 2.45) is 7.05 Å². The highest BCUT2D eigenvalue weighted by atomic mass is 19.4. The van der Waals surface area contributed by atoms with E-state index in [1.165, 1.54) is 35.9 Å². The molecule has 200 valence electrons. The smallest absolute Gasteiger partial charge is 0.349 e. The van der Waals surface area contributed by atoms with E-state index in [0.29, 0.717) is 25.0 Å².